The van der Waals surface area contributed by atoms with E-state index in [4.69, 9.17) is 0 Å². The van der Waals surface area contributed by atoms with Crippen LogP contribution in [0.4, 0.5) is 10.1 Å². The van der Waals surface area contributed by atoms with E-state index in [0.29, 0.717) is 29.7 Å². The summed E-state index contributed by atoms with van der Waals surface area (Å²) in [7, 11) is 6.31. The Bertz CT molecular complexity index is 1360. The number of rotatable bonds is 6. The molecule has 0 aliphatic rings. The second-order valence-corrected chi connectivity index (χ2v) is 8.99. The Hall–Kier alpha value is -3.95. The Morgan fingerprint density at radius 3 is 2.45 bits per heavy atom. The molecular weight excluding hydrogens is 415 g/mol. The van der Waals surface area contributed by atoms with Gasteiger partial charge in [-0.05, 0) is 59.7 Å². The molecule has 0 spiro atoms. The van der Waals surface area contributed by atoms with Crippen LogP contribution in [0.2, 0.25) is 0 Å². The predicted octanol–water partition coefficient (Wildman–Crippen LogP) is 4.83. The van der Waals surface area contributed by atoms with Gasteiger partial charge in [-0.1, -0.05) is 24.3 Å². The van der Waals surface area contributed by atoms with E-state index in [2.05, 4.69) is 44.7 Å². The average Bonchev–Trinajstić information content (AvgIpc) is 3.14. The molecule has 33 heavy (non-hydrogen) atoms. The van der Waals surface area contributed by atoms with Crippen LogP contribution in [0.15, 0.2) is 72.8 Å². The lowest BCUT2D eigenvalue weighted by atomic mass is 10.1. The van der Waals surface area contributed by atoms with Crippen molar-refractivity contribution in [2.45, 2.75) is 13.1 Å². The number of hydrogen-bond acceptors (Lipinski definition) is 2. The minimum atomic E-state index is -0.351. The molecule has 1 amide bonds. The monoisotopic (exact) mass is 441 g/mol. The molecule has 0 radical (unpaired) electrons. The number of carbonyl (C=O) groups is 1. The lowest BCUT2D eigenvalue weighted by molar-refractivity contribution is 0.0942. The molecule has 0 fully saturated rings. The van der Waals surface area contributed by atoms with Crippen LogP contribution in [0.25, 0.3) is 10.9 Å². The highest BCUT2D eigenvalue weighted by atomic mass is 19.1. The highest BCUT2D eigenvalue weighted by Gasteiger charge is 2.17. The maximum absolute atomic E-state index is 13.8. The van der Waals surface area contributed by atoms with Crippen LogP contribution in [0, 0.1) is 17.1 Å². The average molecular weight is 442 g/mol. The summed E-state index contributed by atoms with van der Waals surface area (Å²) < 4.78 is 16.4. The number of hydrogen-bond donors (Lipinski definition) is 1. The van der Waals surface area contributed by atoms with Crippen molar-refractivity contribution >= 4 is 22.5 Å². The standard InChI is InChI=1S/C27H25FN4O/c1-32(2,3)24-10-7-19(8-11-24)17-30-27(33)26-15-22-14-23(28)9-12-25(22)31(26)18-21-6-4-5-20(13-21)16-29/h4-15H,17-18H2,1-3H3/p+1. The van der Waals surface area contributed by atoms with Crippen molar-refractivity contribution in [1.82, 2.24) is 14.4 Å². The summed E-state index contributed by atoms with van der Waals surface area (Å²) in [6.07, 6.45) is 0. The van der Waals surface area contributed by atoms with E-state index in [1.165, 1.54) is 17.8 Å². The first-order valence-corrected chi connectivity index (χ1v) is 10.7. The molecule has 5 nitrogen and oxygen atoms in total. The topological polar surface area (TPSA) is 57.8 Å². The minimum Gasteiger partial charge on any atom is -0.347 e. The third-order valence-electron chi connectivity index (χ3n) is 5.66. The number of carbonyl (C=O) groups excluding carboxylic acids is 1. The summed E-state index contributed by atoms with van der Waals surface area (Å²) in [5.41, 5.74) is 4.82. The SMILES string of the molecule is C[N+](C)(C)c1ccc(CNC(=O)c2cc3cc(F)ccc3n2Cc2cccc(C#N)c2)cc1. The molecule has 6 heteroatoms. The molecule has 0 unspecified atom stereocenters. The summed E-state index contributed by atoms with van der Waals surface area (Å²) in [5.74, 6) is -0.589. The Labute approximate surface area is 192 Å². The van der Waals surface area contributed by atoms with E-state index in [-0.39, 0.29) is 11.7 Å². The van der Waals surface area contributed by atoms with Gasteiger partial charge in [-0.2, -0.15) is 5.26 Å². The quantitative estimate of drug-likeness (QED) is 0.436. The van der Waals surface area contributed by atoms with E-state index < -0.39 is 0 Å². The third-order valence-corrected chi connectivity index (χ3v) is 5.66. The van der Waals surface area contributed by atoms with Crippen molar-refractivity contribution in [2.75, 3.05) is 21.1 Å². The minimum absolute atomic E-state index is 0.237. The number of aromatic nitrogens is 1. The van der Waals surface area contributed by atoms with Crippen molar-refractivity contribution in [2.24, 2.45) is 0 Å². The lowest BCUT2D eigenvalue weighted by Crippen LogP contribution is -2.34. The van der Waals surface area contributed by atoms with Crippen LogP contribution in [0.5, 0.6) is 0 Å². The van der Waals surface area contributed by atoms with E-state index in [9.17, 15) is 14.4 Å². The summed E-state index contributed by atoms with van der Waals surface area (Å²) in [6, 6.07) is 23.8. The van der Waals surface area contributed by atoms with Crippen LogP contribution in [-0.2, 0) is 13.1 Å². The second kappa shape index (κ2) is 8.89. The summed E-state index contributed by atoms with van der Waals surface area (Å²) >= 11 is 0. The molecule has 1 N–H and O–H groups in total. The number of fused-ring (bicyclic) bond motifs is 1. The highest BCUT2D eigenvalue weighted by Crippen LogP contribution is 2.23. The van der Waals surface area contributed by atoms with Gasteiger partial charge < -0.3 is 9.88 Å². The van der Waals surface area contributed by atoms with E-state index in [0.717, 1.165) is 21.1 Å². The molecule has 0 saturated carbocycles. The van der Waals surface area contributed by atoms with Crippen LogP contribution >= 0.6 is 0 Å². The van der Waals surface area contributed by atoms with Gasteiger partial charge in [0.05, 0.1) is 32.8 Å². The molecule has 0 bridgehead atoms. The summed E-state index contributed by atoms with van der Waals surface area (Å²) in [4.78, 5) is 13.2. The largest absolute Gasteiger partial charge is 0.347 e. The van der Waals surface area contributed by atoms with Crippen LogP contribution in [-0.4, -0.2) is 31.6 Å². The zero-order valence-electron chi connectivity index (χ0n) is 19.0. The molecule has 0 saturated heterocycles. The van der Waals surface area contributed by atoms with Gasteiger partial charge in [-0.25, -0.2) is 4.39 Å². The van der Waals surface area contributed by atoms with Crippen LogP contribution in [0.3, 0.4) is 0 Å². The maximum Gasteiger partial charge on any atom is 0.268 e. The summed E-state index contributed by atoms with van der Waals surface area (Å²) in [6.45, 7) is 0.779. The highest BCUT2D eigenvalue weighted by molar-refractivity contribution is 5.98. The molecular formula is C27H26FN4O+. The van der Waals surface area contributed by atoms with Gasteiger partial charge >= 0.3 is 0 Å². The maximum atomic E-state index is 13.8. The van der Waals surface area contributed by atoms with Gasteiger partial charge in [0.25, 0.3) is 5.91 Å². The fraction of sp³-hybridized carbons (Fsp3) is 0.185. The van der Waals surface area contributed by atoms with E-state index in [1.54, 1.807) is 24.3 Å². The zero-order valence-corrected chi connectivity index (χ0v) is 19.0. The first-order chi connectivity index (χ1) is 15.7. The molecule has 0 aliphatic carbocycles. The molecule has 1 heterocycles. The van der Waals surface area contributed by atoms with Crippen molar-refractivity contribution in [1.29, 1.82) is 5.26 Å². The number of quaternary nitrogens is 1. The smallest absolute Gasteiger partial charge is 0.268 e. The normalized spacial score (nSPS) is 11.4. The number of amides is 1. The van der Waals surface area contributed by atoms with Gasteiger partial charge in [0.2, 0.25) is 0 Å². The predicted molar refractivity (Wildman–Crippen MR) is 129 cm³/mol. The van der Waals surface area contributed by atoms with Gasteiger partial charge in [0, 0.05) is 24.0 Å². The van der Waals surface area contributed by atoms with Crippen molar-refractivity contribution in [3.63, 3.8) is 0 Å². The Kier molecular flexibility index (Phi) is 5.99. The number of benzene rings is 3. The number of halogens is 1. The Morgan fingerprint density at radius 1 is 1.00 bits per heavy atom. The van der Waals surface area contributed by atoms with E-state index in [1.807, 2.05) is 28.8 Å². The fourth-order valence-electron chi connectivity index (χ4n) is 3.86. The van der Waals surface area contributed by atoms with Gasteiger partial charge in [-0.15, -0.1) is 0 Å². The molecule has 3 aromatic carbocycles. The number of nitrogens with zero attached hydrogens (tertiary/aromatic N) is 3. The van der Waals surface area contributed by atoms with Gasteiger partial charge in [-0.3, -0.25) is 9.28 Å². The molecule has 4 aromatic rings. The summed E-state index contributed by atoms with van der Waals surface area (Å²) in [5, 5.41) is 12.9. The van der Waals surface area contributed by atoms with Gasteiger partial charge in [0.15, 0.2) is 0 Å². The molecule has 1 aromatic heterocycles. The van der Waals surface area contributed by atoms with E-state index >= 15 is 0 Å². The molecule has 0 atom stereocenters. The first-order valence-electron chi connectivity index (χ1n) is 10.7. The van der Waals surface area contributed by atoms with Crippen LogP contribution < -0.4 is 9.80 Å². The second-order valence-electron chi connectivity index (χ2n) is 8.99. The molecule has 0 aliphatic heterocycles. The molecule has 166 valence electrons. The zero-order chi connectivity index (χ0) is 23.6. The Balaban J connectivity index is 1.61. The van der Waals surface area contributed by atoms with Crippen molar-refractivity contribution in [3.05, 3.63) is 101 Å². The van der Waals surface area contributed by atoms with Crippen molar-refractivity contribution in [3.8, 4) is 6.07 Å². The first kappa shape index (κ1) is 22.3. The third kappa shape index (κ3) is 4.94. The lowest BCUT2D eigenvalue weighted by Gasteiger charge is -2.23. The van der Waals surface area contributed by atoms with Gasteiger partial charge in [0.1, 0.15) is 17.2 Å². The number of nitriles is 1. The van der Waals surface area contributed by atoms with Crippen molar-refractivity contribution < 1.29 is 9.18 Å². The number of nitrogens with one attached hydrogen (secondary N) is 1. The van der Waals surface area contributed by atoms with Crippen LogP contribution in [0.1, 0.15) is 27.2 Å². The fourth-order valence-corrected chi connectivity index (χ4v) is 3.86. The molecule has 4 rings (SSSR count). The Morgan fingerprint density at radius 2 is 1.76 bits per heavy atom.